The molecule has 0 saturated carbocycles. The highest BCUT2D eigenvalue weighted by atomic mass is 19.1. The van der Waals surface area contributed by atoms with Crippen molar-refractivity contribution in [1.29, 1.82) is 0 Å². The molecule has 0 aliphatic rings. The van der Waals surface area contributed by atoms with Crippen LogP contribution < -0.4 is 10.1 Å². The first-order valence-electron chi connectivity index (χ1n) is 9.46. The van der Waals surface area contributed by atoms with Gasteiger partial charge < -0.3 is 10.1 Å². The highest BCUT2D eigenvalue weighted by molar-refractivity contribution is 5.76. The fraction of sp³-hybridized carbons (Fsp3) is 0.409. The molecule has 0 spiro atoms. The molecule has 2 aromatic rings. The fourth-order valence-electron chi connectivity index (χ4n) is 3.18. The molecular formula is C22H29FN2O2. The van der Waals surface area contributed by atoms with Gasteiger partial charge in [0.1, 0.15) is 11.6 Å². The van der Waals surface area contributed by atoms with Crippen LogP contribution in [-0.4, -0.2) is 37.6 Å². The Morgan fingerprint density at radius 1 is 1.15 bits per heavy atom. The van der Waals surface area contributed by atoms with Crippen LogP contribution in [0.3, 0.4) is 0 Å². The predicted molar refractivity (Wildman–Crippen MR) is 106 cm³/mol. The van der Waals surface area contributed by atoms with Gasteiger partial charge in [-0.3, -0.25) is 9.69 Å². The highest BCUT2D eigenvalue weighted by Gasteiger charge is 2.19. The van der Waals surface area contributed by atoms with Crippen molar-refractivity contribution in [2.45, 2.75) is 32.7 Å². The summed E-state index contributed by atoms with van der Waals surface area (Å²) in [6.45, 7) is 6.56. The van der Waals surface area contributed by atoms with Crippen LogP contribution >= 0.6 is 0 Å². The van der Waals surface area contributed by atoms with Crippen LogP contribution in [0.4, 0.5) is 4.39 Å². The predicted octanol–water partition coefficient (Wildman–Crippen LogP) is 3.97. The van der Waals surface area contributed by atoms with Gasteiger partial charge in [-0.15, -0.1) is 0 Å². The summed E-state index contributed by atoms with van der Waals surface area (Å²) in [4.78, 5) is 14.6. The van der Waals surface area contributed by atoms with Gasteiger partial charge in [-0.1, -0.05) is 38.1 Å². The minimum absolute atomic E-state index is 0.000577. The number of ether oxygens (including phenoxy) is 1. The Hall–Kier alpha value is -2.40. The molecule has 0 aliphatic heterocycles. The molecule has 27 heavy (non-hydrogen) atoms. The molecule has 1 atom stereocenters. The Balaban J connectivity index is 1.97. The lowest BCUT2D eigenvalue weighted by Crippen LogP contribution is -2.38. The summed E-state index contributed by atoms with van der Waals surface area (Å²) >= 11 is 0. The quantitative estimate of drug-likeness (QED) is 0.686. The maximum atomic E-state index is 13.0. The number of amides is 1. The summed E-state index contributed by atoms with van der Waals surface area (Å²) in [5.74, 6) is 0.551. The van der Waals surface area contributed by atoms with E-state index in [2.05, 4.69) is 30.1 Å². The highest BCUT2D eigenvalue weighted by Crippen LogP contribution is 2.23. The molecule has 0 aromatic heterocycles. The van der Waals surface area contributed by atoms with Gasteiger partial charge in [0.15, 0.2) is 0 Å². The SMILES string of the molecule is CCN(CC)C(CNC(=O)CCc1ccc(F)cc1)c1cccc(OC)c1. The zero-order valence-corrected chi connectivity index (χ0v) is 16.4. The second-order valence-corrected chi connectivity index (χ2v) is 6.44. The monoisotopic (exact) mass is 372 g/mol. The third-order valence-corrected chi connectivity index (χ3v) is 4.78. The van der Waals surface area contributed by atoms with Gasteiger partial charge in [-0.05, 0) is 54.9 Å². The van der Waals surface area contributed by atoms with Crippen molar-refractivity contribution in [1.82, 2.24) is 10.2 Å². The molecule has 0 saturated heterocycles. The van der Waals surface area contributed by atoms with Crippen LogP contribution in [0.15, 0.2) is 48.5 Å². The van der Waals surface area contributed by atoms with Crippen LogP contribution in [0.2, 0.25) is 0 Å². The van der Waals surface area contributed by atoms with Crippen LogP contribution in [0.5, 0.6) is 5.75 Å². The number of methoxy groups -OCH3 is 1. The van der Waals surface area contributed by atoms with E-state index in [9.17, 15) is 9.18 Å². The molecular weight excluding hydrogens is 343 g/mol. The standard InChI is InChI=1S/C22H29FN2O2/c1-4-25(5-2)21(18-7-6-8-20(15-18)27-3)16-24-22(26)14-11-17-9-12-19(23)13-10-17/h6-10,12-13,15,21H,4-5,11,14,16H2,1-3H3,(H,24,26). The van der Waals surface area contributed by atoms with Crippen molar-refractivity contribution in [2.24, 2.45) is 0 Å². The molecule has 0 aliphatic carbocycles. The number of aryl methyl sites for hydroxylation is 1. The maximum absolute atomic E-state index is 13.0. The van der Waals surface area contributed by atoms with Gasteiger partial charge in [0.2, 0.25) is 5.91 Å². The molecule has 146 valence electrons. The first-order valence-corrected chi connectivity index (χ1v) is 9.46. The minimum Gasteiger partial charge on any atom is -0.497 e. The van der Waals surface area contributed by atoms with Gasteiger partial charge in [-0.25, -0.2) is 4.39 Å². The summed E-state index contributed by atoms with van der Waals surface area (Å²) < 4.78 is 18.3. The first-order chi connectivity index (χ1) is 13.1. The van der Waals surface area contributed by atoms with E-state index in [0.717, 1.165) is 30.0 Å². The molecule has 0 bridgehead atoms. The second-order valence-electron chi connectivity index (χ2n) is 6.44. The summed E-state index contributed by atoms with van der Waals surface area (Å²) in [6.07, 6.45) is 0.982. The number of likely N-dealkylation sites (N-methyl/N-ethyl adjacent to an activating group) is 1. The first kappa shape index (κ1) is 20.9. The molecule has 1 amide bonds. The summed E-state index contributed by atoms with van der Waals surface area (Å²) in [5.41, 5.74) is 2.08. The Bertz CT molecular complexity index is 715. The normalized spacial score (nSPS) is 12.0. The molecule has 2 rings (SSSR count). The Labute approximate surface area is 161 Å². The lowest BCUT2D eigenvalue weighted by Gasteiger charge is -2.30. The molecule has 0 heterocycles. The third-order valence-electron chi connectivity index (χ3n) is 4.78. The van der Waals surface area contributed by atoms with Crippen LogP contribution in [0, 0.1) is 5.82 Å². The number of halogens is 1. The van der Waals surface area contributed by atoms with E-state index in [1.807, 2.05) is 18.2 Å². The van der Waals surface area contributed by atoms with Crippen LogP contribution in [0.25, 0.3) is 0 Å². The molecule has 4 nitrogen and oxygen atoms in total. The van der Waals surface area contributed by atoms with Crippen LogP contribution in [0.1, 0.15) is 37.4 Å². The number of carbonyl (C=O) groups is 1. The lowest BCUT2D eigenvalue weighted by molar-refractivity contribution is -0.121. The van der Waals surface area contributed by atoms with E-state index in [4.69, 9.17) is 4.74 Å². The summed E-state index contributed by atoms with van der Waals surface area (Å²) in [5, 5.41) is 3.05. The molecule has 1 unspecified atom stereocenters. The maximum Gasteiger partial charge on any atom is 0.220 e. The van der Waals surface area contributed by atoms with Crippen molar-refractivity contribution < 1.29 is 13.9 Å². The molecule has 1 N–H and O–H groups in total. The Kier molecular flexibility index (Phi) is 8.27. The summed E-state index contributed by atoms with van der Waals surface area (Å²) in [7, 11) is 1.66. The molecule has 5 heteroatoms. The Morgan fingerprint density at radius 3 is 2.48 bits per heavy atom. The largest absolute Gasteiger partial charge is 0.497 e. The average Bonchev–Trinajstić information content (AvgIpc) is 2.70. The molecule has 0 fully saturated rings. The van der Waals surface area contributed by atoms with E-state index in [-0.39, 0.29) is 17.8 Å². The zero-order valence-electron chi connectivity index (χ0n) is 16.4. The van der Waals surface area contributed by atoms with Crippen molar-refractivity contribution in [2.75, 3.05) is 26.7 Å². The number of benzene rings is 2. The average molecular weight is 372 g/mol. The van der Waals surface area contributed by atoms with Gasteiger partial charge in [-0.2, -0.15) is 0 Å². The number of nitrogens with zero attached hydrogens (tertiary/aromatic N) is 1. The van der Waals surface area contributed by atoms with E-state index in [1.165, 1.54) is 12.1 Å². The van der Waals surface area contributed by atoms with Gasteiger partial charge >= 0.3 is 0 Å². The smallest absolute Gasteiger partial charge is 0.220 e. The van der Waals surface area contributed by atoms with Crippen molar-refractivity contribution in [3.05, 3.63) is 65.5 Å². The number of rotatable bonds is 10. The number of nitrogens with one attached hydrogen (secondary N) is 1. The molecule has 0 radical (unpaired) electrons. The number of carbonyl (C=O) groups excluding carboxylic acids is 1. The van der Waals surface area contributed by atoms with E-state index >= 15 is 0 Å². The number of hydrogen-bond acceptors (Lipinski definition) is 3. The van der Waals surface area contributed by atoms with Crippen molar-refractivity contribution in [3.8, 4) is 5.75 Å². The number of hydrogen-bond donors (Lipinski definition) is 1. The summed E-state index contributed by atoms with van der Waals surface area (Å²) in [6, 6.07) is 14.4. The zero-order chi connectivity index (χ0) is 19.6. The fourth-order valence-corrected chi connectivity index (χ4v) is 3.18. The topological polar surface area (TPSA) is 41.6 Å². The van der Waals surface area contributed by atoms with E-state index in [1.54, 1.807) is 19.2 Å². The van der Waals surface area contributed by atoms with E-state index in [0.29, 0.717) is 19.4 Å². The van der Waals surface area contributed by atoms with Crippen molar-refractivity contribution in [3.63, 3.8) is 0 Å². The van der Waals surface area contributed by atoms with Gasteiger partial charge in [0.05, 0.1) is 13.2 Å². The third kappa shape index (κ3) is 6.36. The van der Waals surface area contributed by atoms with Gasteiger partial charge in [0.25, 0.3) is 0 Å². The minimum atomic E-state index is -0.261. The Morgan fingerprint density at radius 2 is 1.85 bits per heavy atom. The van der Waals surface area contributed by atoms with Gasteiger partial charge in [0, 0.05) is 13.0 Å². The molecule has 2 aromatic carbocycles. The van der Waals surface area contributed by atoms with E-state index < -0.39 is 0 Å². The second kappa shape index (κ2) is 10.7. The van der Waals surface area contributed by atoms with Crippen molar-refractivity contribution >= 4 is 5.91 Å². The van der Waals surface area contributed by atoms with Crippen LogP contribution in [-0.2, 0) is 11.2 Å². The lowest BCUT2D eigenvalue weighted by atomic mass is 10.0.